The largest absolute Gasteiger partial charge is 0.339 e. The van der Waals surface area contributed by atoms with Crippen LogP contribution in [0.5, 0.6) is 0 Å². The minimum Gasteiger partial charge on any atom is -0.339 e. The van der Waals surface area contributed by atoms with Crippen molar-refractivity contribution in [2.45, 2.75) is 44.7 Å². The van der Waals surface area contributed by atoms with Crippen LogP contribution in [0.3, 0.4) is 0 Å². The molecule has 1 saturated carbocycles. The molecule has 1 aliphatic carbocycles. The second-order valence-electron chi connectivity index (χ2n) is 5.17. The van der Waals surface area contributed by atoms with Gasteiger partial charge in [0.15, 0.2) is 0 Å². The first kappa shape index (κ1) is 13.0. The highest BCUT2D eigenvalue weighted by molar-refractivity contribution is 5.93. The fraction of sp³-hybridized carbons (Fsp3) is 0.571. The summed E-state index contributed by atoms with van der Waals surface area (Å²) >= 11 is 0. The van der Waals surface area contributed by atoms with Gasteiger partial charge in [-0.15, -0.1) is 0 Å². The Bertz CT molecular complexity index is 408. The van der Waals surface area contributed by atoms with Crippen LogP contribution in [0, 0.1) is 6.92 Å². The van der Waals surface area contributed by atoms with Crippen LogP contribution in [0.2, 0.25) is 0 Å². The van der Waals surface area contributed by atoms with Crippen molar-refractivity contribution < 1.29 is 4.79 Å². The molecule has 4 nitrogen and oxygen atoms in total. The quantitative estimate of drug-likeness (QED) is 0.866. The summed E-state index contributed by atoms with van der Waals surface area (Å²) in [6.45, 7) is 1.92. The average Bonchev–Trinajstić information content (AvgIpc) is 2.39. The maximum atomic E-state index is 12.3. The average molecular weight is 247 g/mol. The lowest BCUT2D eigenvalue weighted by Crippen LogP contribution is -2.41. The Balaban J connectivity index is 2.02. The molecule has 1 heterocycles. The highest BCUT2D eigenvalue weighted by atomic mass is 16.2. The minimum atomic E-state index is 0.0583. The third-order valence-electron chi connectivity index (χ3n) is 3.77. The second kappa shape index (κ2) is 5.48. The molecule has 2 N–H and O–H groups in total. The third-order valence-corrected chi connectivity index (χ3v) is 3.77. The second-order valence-corrected chi connectivity index (χ2v) is 5.17. The molecule has 1 aromatic heterocycles. The molecule has 4 heteroatoms. The van der Waals surface area contributed by atoms with Gasteiger partial charge >= 0.3 is 0 Å². The van der Waals surface area contributed by atoms with Gasteiger partial charge in [0, 0.05) is 31.0 Å². The number of pyridine rings is 1. The zero-order chi connectivity index (χ0) is 13.1. The van der Waals surface area contributed by atoms with E-state index in [1.165, 1.54) is 0 Å². The molecule has 0 atom stereocenters. The maximum Gasteiger partial charge on any atom is 0.255 e. The fourth-order valence-corrected chi connectivity index (χ4v) is 2.45. The Labute approximate surface area is 108 Å². The van der Waals surface area contributed by atoms with Gasteiger partial charge < -0.3 is 10.6 Å². The van der Waals surface area contributed by atoms with Crippen molar-refractivity contribution in [2.75, 3.05) is 7.05 Å². The Morgan fingerprint density at radius 1 is 1.33 bits per heavy atom. The van der Waals surface area contributed by atoms with Gasteiger partial charge in [0.1, 0.15) is 0 Å². The number of carbonyl (C=O) groups excluding carboxylic acids is 1. The predicted octanol–water partition coefficient (Wildman–Crippen LogP) is 1.73. The fourth-order valence-electron chi connectivity index (χ4n) is 2.45. The molecular formula is C14H21N3O. The molecule has 1 aromatic rings. The van der Waals surface area contributed by atoms with E-state index in [4.69, 9.17) is 5.73 Å². The Morgan fingerprint density at radius 2 is 2.00 bits per heavy atom. The number of aromatic nitrogens is 1. The molecule has 18 heavy (non-hydrogen) atoms. The lowest BCUT2D eigenvalue weighted by Gasteiger charge is -2.33. The number of rotatable bonds is 2. The summed E-state index contributed by atoms with van der Waals surface area (Å²) in [4.78, 5) is 18.3. The molecular weight excluding hydrogens is 226 g/mol. The number of carbonyl (C=O) groups is 1. The lowest BCUT2D eigenvalue weighted by molar-refractivity contribution is 0.0689. The van der Waals surface area contributed by atoms with E-state index in [1.54, 1.807) is 6.20 Å². The molecule has 0 aliphatic heterocycles. The van der Waals surface area contributed by atoms with Gasteiger partial charge in [-0.3, -0.25) is 9.78 Å². The van der Waals surface area contributed by atoms with Gasteiger partial charge in [-0.2, -0.15) is 0 Å². The predicted molar refractivity (Wildman–Crippen MR) is 71.3 cm³/mol. The molecule has 1 amide bonds. The van der Waals surface area contributed by atoms with Crippen molar-refractivity contribution in [1.29, 1.82) is 0 Å². The first-order chi connectivity index (χ1) is 8.58. The van der Waals surface area contributed by atoms with E-state index in [-0.39, 0.29) is 5.91 Å². The van der Waals surface area contributed by atoms with Crippen molar-refractivity contribution in [1.82, 2.24) is 9.88 Å². The van der Waals surface area contributed by atoms with Crippen LogP contribution in [0.4, 0.5) is 0 Å². The van der Waals surface area contributed by atoms with Crippen LogP contribution in [0.15, 0.2) is 18.3 Å². The zero-order valence-corrected chi connectivity index (χ0v) is 11.1. The standard InChI is InChI=1S/C14H21N3O/c1-10-3-4-11(9-16-10)14(18)17(2)13-7-5-12(15)6-8-13/h3-4,9,12-13H,5-8,15H2,1-2H3. The van der Waals surface area contributed by atoms with Crippen LogP contribution >= 0.6 is 0 Å². The van der Waals surface area contributed by atoms with E-state index in [1.807, 2.05) is 31.0 Å². The first-order valence-corrected chi connectivity index (χ1v) is 6.53. The highest BCUT2D eigenvalue weighted by Crippen LogP contribution is 2.22. The minimum absolute atomic E-state index is 0.0583. The van der Waals surface area contributed by atoms with Gasteiger partial charge in [-0.25, -0.2) is 0 Å². The maximum absolute atomic E-state index is 12.3. The van der Waals surface area contributed by atoms with Crippen LogP contribution in [-0.4, -0.2) is 34.9 Å². The van der Waals surface area contributed by atoms with Gasteiger partial charge in [-0.05, 0) is 44.7 Å². The number of nitrogens with zero attached hydrogens (tertiary/aromatic N) is 2. The molecule has 0 aromatic carbocycles. The normalized spacial score (nSPS) is 23.7. The number of aryl methyl sites for hydroxylation is 1. The summed E-state index contributed by atoms with van der Waals surface area (Å²) in [7, 11) is 1.88. The molecule has 0 spiro atoms. The number of amides is 1. The summed E-state index contributed by atoms with van der Waals surface area (Å²) in [5, 5.41) is 0. The van der Waals surface area contributed by atoms with Crippen LogP contribution in [0.25, 0.3) is 0 Å². The molecule has 0 radical (unpaired) electrons. The van der Waals surface area contributed by atoms with Crippen molar-refractivity contribution in [3.05, 3.63) is 29.6 Å². The Morgan fingerprint density at radius 3 is 2.56 bits per heavy atom. The van der Waals surface area contributed by atoms with E-state index in [0.717, 1.165) is 31.4 Å². The summed E-state index contributed by atoms with van der Waals surface area (Å²) in [6.07, 6.45) is 5.68. The monoisotopic (exact) mass is 247 g/mol. The van der Waals surface area contributed by atoms with Crippen LogP contribution in [-0.2, 0) is 0 Å². The van der Waals surface area contributed by atoms with E-state index in [9.17, 15) is 4.79 Å². The van der Waals surface area contributed by atoms with E-state index in [2.05, 4.69) is 4.98 Å². The van der Waals surface area contributed by atoms with E-state index < -0.39 is 0 Å². The molecule has 0 bridgehead atoms. The van der Waals surface area contributed by atoms with Gasteiger partial charge in [0.2, 0.25) is 0 Å². The van der Waals surface area contributed by atoms with Crippen LogP contribution in [0.1, 0.15) is 41.7 Å². The molecule has 98 valence electrons. The van der Waals surface area contributed by atoms with Crippen molar-refractivity contribution in [3.63, 3.8) is 0 Å². The smallest absolute Gasteiger partial charge is 0.255 e. The third kappa shape index (κ3) is 2.88. The Hall–Kier alpha value is -1.42. The molecule has 1 aliphatic rings. The lowest BCUT2D eigenvalue weighted by atomic mass is 9.91. The summed E-state index contributed by atoms with van der Waals surface area (Å²) in [5.74, 6) is 0.0583. The molecule has 1 fully saturated rings. The molecule has 2 rings (SSSR count). The SMILES string of the molecule is Cc1ccc(C(=O)N(C)C2CCC(N)CC2)cn1. The van der Waals surface area contributed by atoms with Gasteiger partial charge in [0.05, 0.1) is 5.56 Å². The molecule has 0 unspecified atom stereocenters. The highest BCUT2D eigenvalue weighted by Gasteiger charge is 2.25. The topological polar surface area (TPSA) is 59.2 Å². The first-order valence-electron chi connectivity index (χ1n) is 6.53. The number of hydrogen-bond donors (Lipinski definition) is 1. The van der Waals surface area contributed by atoms with E-state index >= 15 is 0 Å². The molecule has 0 saturated heterocycles. The number of hydrogen-bond acceptors (Lipinski definition) is 3. The van der Waals surface area contributed by atoms with Crippen LogP contribution < -0.4 is 5.73 Å². The van der Waals surface area contributed by atoms with Gasteiger partial charge in [0.25, 0.3) is 5.91 Å². The summed E-state index contributed by atoms with van der Waals surface area (Å²) in [6, 6.07) is 4.34. The van der Waals surface area contributed by atoms with E-state index in [0.29, 0.717) is 17.6 Å². The number of nitrogens with two attached hydrogens (primary N) is 1. The zero-order valence-electron chi connectivity index (χ0n) is 11.1. The van der Waals surface area contributed by atoms with Crippen molar-refractivity contribution in [2.24, 2.45) is 5.73 Å². The summed E-state index contributed by atoms with van der Waals surface area (Å²) in [5.41, 5.74) is 7.48. The Kier molecular flexibility index (Phi) is 3.97. The van der Waals surface area contributed by atoms with Crippen molar-refractivity contribution in [3.8, 4) is 0 Å². The van der Waals surface area contributed by atoms with Crippen molar-refractivity contribution >= 4 is 5.91 Å². The van der Waals surface area contributed by atoms with Gasteiger partial charge in [-0.1, -0.05) is 0 Å². The summed E-state index contributed by atoms with van der Waals surface area (Å²) < 4.78 is 0.